The molecule has 9 nitrogen and oxygen atoms in total. The van der Waals surface area contributed by atoms with Crippen molar-refractivity contribution in [2.24, 2.45) is 0 Å². The van der Waals surface area contributed by atoms with Crippen LogP contribution in [0, 0.1) is 0 Å². The predicted molar refractivity (Wildman–Crippen MR) is 95.2 cm³/mol. The van der Waals surface area contributed by atoms with E-state index in [1.807, 2.05) is 30.3 Å². The van der Waals surface area contributed by atoms with E-state index in [0.29, 0.717) is 0 Å². The number of nitrogens with two attached hydrogens (primary N) is 2. The molecule has 2 unspecified atom stereocenters. The fourth-order valence-electron chi connectivity index (χ4n) is 2.14. The number of benzene rings is 1. The van der Waals surface area contributed by atoms with Gasteiger partial charge in [-0.3, -0.25) is 14.0 Å². The van der Waals surface area contributed by atoms with E-state index in [-0.39, 0.29) is 53.1 Å². The summed E-state index contributed by atoms with van der Waals surface area (Å²) in [6.45, 7) is 3.20. The average Bonchev–Trinajstić information content (AvgIpc) is 2.38. The van der Waals surface area contributed by atoms with Crippen LogP contribution >= 0.6 is 15.2 Å². The van der Waals surface area contributed by atoms with E-state index in [2.05, 4.69) is 0 Å². The zero-order valence-electron chi connectivity index (χ0n) is 14.4. The van der Waals surface area contributed by atoms with Crippen LogP contribution in [-0.2, 0) is 45.8 Å². The Hall–Kier alpha value is 0.0883. The van der Waals surface area contributed by atoms with E-state index in [1.165, 1.54) is 11.9 Å². The standard InChI is InChI=1S/C13H23NO6P2.2H2N.Pt/c1-4-19-21(15,16)13(22(17,18)20-5-2)14(3)11-12-9-7-6-8-10-12;;;/h6-10,13H,4-5,11H2,1-3H3,(H,15,16)(H,17,18);2*1H2;/q;2*-1;+2. The molecule has 0 bridgehead atoms. The van der Waals surface area contributed by atoms with Gasteiger partial charge in [0.25, 0.3) is 0 Å². The molecular weight excluding hydrogens is 551 g/mol. The first-order valence-corrected chi connectivity index (χ1v) is 10.2. The molecule has 0 heterocycles. The summed E-state index contributed by atoms with van der Waals surface area (Å²) >= 11 is 0. The monoisotopic (exact) mass is 578 g/mol. The van der Waals surface area contributed by atoms with E-state index in [1.54, 1.807) is 13.8 Å². The average molecular weight is 578 g/mol. The van der Waals surface area contributed by atoms with Crippen LogP contribution in [0.3, 0.4) is 0 Å². The van der Waals surface area contributed by atoms with Gasteiger partial charge in [0.05, 0.1) is 13.2 Å². The molecule has 0 saturated carbocycles. The molecule has 0 radical (unpaired) electrons. The van der Waals surface area contributed by atoms with Crippen LogP contribution in [0.4, 0.5) is 0 Å². The quantitative estimate of drug-likeness (QED) is 0.413. The molecule has 0 aliphatic rings. The fourth-order valence-corrected chi connectivity index (χ4v) is 6.18. The van der Waals surface area contributed by atoms with E-state index in [0.717, 1.165) is 5.56 Å². The second-order valence-corrected chi connectivity index (χ2v) is 8.87. The molecule has 0 fully saturated rings. The number of hydrogen-bond acceptors (Lipinski definition) is 5. The molecule has 1 aromatic carbocycles. The van der Waals surface area contributed by atoms with Gasteiger partial charge in [-0.15, -0.1) is 0 Å². The van der Waals surface area contributed by atoms with E-state index in [9.17, 15) is 18.9 Å². The number of nitrogens with zero attached hydrogens (tertiary/aromatic N) is 1. The maximum atomic E-state index is 12.3. The molecule has 25 heavy (non-hydrogen) atoms. The third kappa shape index (κ3) is 9.02. The summed E-state index contributed by atoms with van der Waals surface area (Å²) in [5.74, 6) is 0. The molecule has 150 valence electrons. The molecule has 0 aromatic heterocycles. The van der Waals surface area contributed by atoms with Crippen LogP contribution < -0.4 is 0 Å². The van der Waals surface area contributed by atoms with Gasteiger partial charge in [-0.1, -0.05) is 30.3 Å². The number of rotatable bonds is 9. The summed E-state index contributed by atoms with van der Waals surface area (Å²) in [5, 5.41) is 0. The van der Waals surface area contributed by atoms with Crippen molar-refractivity contribution < 1.29 is 49.0 Å². The molecule has 0 aliphatic heterocycles. The largest absolute Gasteiger partial charge is 2.00 e. The zero-order valence-corrected chi connectivity index (χ0v) is 18.5. The van der Waals surface area contributed by atoms with Crippen LogP contribution in [0.1, 0.15) is 19.4 Å². The third-order valence-corrected chi connectivity index (χ3v) is 7.84. The first kappa shape index (κ1) is 29.8. The molecule has 0 aliphatic carbocycles. The predicted octanol–water partition coefficient (Wildman–Crippen LogP) is 4.28. The Bertz CT molecular complexity index is 540. The van der Waals surface area contributed by atoms with Crippen molar-refractivity contribution in [3.8, 4) is 0 Å². The Labute approximate surface area is 163 Å². The molecule has 6 N–H and O–H groups in total. The van der Waals surface area contributed by atoms with Crippen LogP contribution in [0.25, 0.3) is 12.3 Å². The van der Waals surface area contributed by atoms with Gasteiger partial charge in [0.2, 0.25) is 5.52 Å². The Kier molecular flexibility index (Phi) is 15.9. The maximum absolute atomic E-state index is 12.3. The Morgan fingerprint density at radius 2 is 1.40 bits per heavy atom. The van der Waals surface area contributed by atoms with Crippen LogP contribution in [0.2, 0.25) is 0 Å². The summed E-state index contributed by atoms with van der Waals surface area (Å²) in [4.78, 5) is 21.5. The summed E-state index contributed by atoms with van der Waals surface area (Å²) in [5.41, 5.74) is -0.803. The minimum Gasteiger partial charge on any atom is -0.693 e. The van der Waals surface area contributed by atoms with E-state index < -0.39 is 20.7 Å². The summed E-state index contributed by atoms with van der Waals surface area (Å²) in [7, 11) is -7.23. The van der Waals surface area contributed by atoms with Crippen molar-refractivity contribution in [2.45, 2.75) is 25.9 Å². The van der Waals surface area contributed by atoms with Crippen LogP contribution in [-0.4, -0.2) is 40.5 Å². The molecule has 0 spiro atoms. The summed E-state index contributed by atoms with van der Waals surface area (Å²) in [6.07, 6.45) is 0. The topological polar surface area (TPSA) is 163 Å². The van der Waals surface area contributed by atoms with Crippen molar-refractivity contribution in [1.82, 2.24) is 4.90 Å². The van der Waals surface area contributed by atoms with Gasteiger partial charge in [-0.25, -0.2) is 0 Å². The minimum atomic E-state index is -4.36. The van der Waals surface area contributed by atoms with Gasteiger partial charge in [0.15, 0.2) is 0 Å². The Balaban J connectivity index is -0.00000161. The van der Waals surface area contributed by atoms with Gasteiger partial charge >= 0.3 is 36.3 Å². The molecule has 1 aromatic rings. The molecular formula is C13H27N3O6P2Pt. The van der Waals surface area contributed by atoms with Crippen molar-refractivity contribution >= 4 is 15.2 Å². The van der Waals surface area contributed by atoms with Crippen molar-refractivity contribution in [3.63, 3.8) is 0 Å². The molecule has 0 saturated heterocycles. The SMILES string of the molecule is CCOP(=O)(O)C(N(C)Cc1ccccc1)P(=O)(O)OCC.[NH2-].[NH2-].[Pt+2]. The Morgan fingerprint density at radius 1 is 1.00 bits per heavy atom. The first-order chi connectivity index (χ1) is 10.2. The van der Waals surface area contributed by atoms with E-state index in [4.69, 9.17) is 9.05 Å². The van der Waals surface area contributed by atoms with Gasteiger partial charge in [0, 0.05) is 6.54 Å². The van der Waals surface area contributed by atoms with Gasteiger partial charge in [-0.2, -0.15) is 0 Å². The second kappa shape index (κ2) is 13.3. The van der Waals surface area contributed by atoms with Gasteiger partial charge in [0.1, 0.15) is 0 Å². The van der Waals surface area contributed by atoms with Gasteiger partial charge in [-0.05, 0) is 26.5 Å². The summed E-state index contributed by atoms with van der Waals surface area (Å²) < 4.78 is 34.4. The Morgan fingerprint density at radius 3 is 1.76 bits per heavy atom. The van der Waals surface area contributed by atoms with E-state index >= 15 is 0 Å². The van der Waals surface area contributed by atoms with Crippen molar-refractivity contribution in [3.05, 3.63) is 48.2 Å². The smallest absolute Gasteiger partial charge is 0.693 e. The molecule has 2 atom stereocenters. The minimum absolute atomic E-state index is 0. The molecule has 12 heteroatoms. The second-order valence-electron chi connectivity index (χ2n) is 4.71. The summed E-state index contributed by atoms with van der Waals surface area (Å²) in [6, 6.07) is 9.12. The first-order valence-electron chi connectivity index (χ1n) is 6.92. The number of hydrogen-bond donors (Lipinski definition) is 2. The van der Waals surface area contributed by atoms with Gasteiger partial charge < -0.3 is 31.1 Å². The van der Waals surface area contributed by atoms with Crippen molar-refractivity contribution in [2.75, 3.05) is 20.3 Å². The van der Waals surface area contributed by atoms with Crippen LogP contribution in [0.15, 0.2) is 30.3 Å². The van der Waals surface area contributed by atoms with Crippen molar-refractivity contribution in [1.29, 1.82) is 0 Å². The fraction of sp³-hybridized carbons (Fsp3) is 0.538. The third-order valence-electron chi connectivity index (χ3n) is 2.88. The molecule has 1 rings (SSSR count). The van der Waals surface area contributed by atoms with Crippen LogP contribution in [0.5, 0.6) is 0 Å². The maximum Gasteiger partial charge on any atom is 2.00 e. The zero-order chi connectivity index (χ0) is 16.8. The normalized spacial score (nSPS) is 16.4. The molecule has 0 amide bonds.